The lowest BCUT2D eigenvalue weighted by atomic mass is 10.0. The molecule has 2 N–H and O–H groups in total. The van der Waals surface area contributed by atoms with Crippen LogP contribution in [0.15, 0.2) is 65.1 Å². The molecule has 0 aliphatic rings. The summed E-state index contributed by atoms with van der Waals surface area (Å²) in [6.07, 6.45) is 0. The third kappa shape index (κ3) is 5.12. The number of methoxy groups -OCH3 is 1. The van der Waals surface area contributed by atoms with Gasteiger partial charge in [-0.25, -0.2) is 4.98 Å². The number of nitro benzene ring substituents is 1. The second-order valence-electron chi connectivity index (χ2n) is 8.00. The zero-order valence-corrected chi connectivity index (χ0v) is 20.0. The molecule has 1 amide bonds. The lowest BCUT2D eigenvalue weighted by molar-refractivity contribution is -0.385. The molecule has 1 heterocycles. The molecule has 0 unspecified atom stereocenters. The number of nitrogens with zero attached hydrogens (tertiary/aromatic N) is 2. The van der Waals surface area contributed by atoms with Gasteiger partial charge in [-0.2, -0.15) is 0 Å². The van der Waals surface area contributed by atoms with E-state index in [-0.39, 0.29) is 16.4 Å². The number of nitrogens with one attached hydrogen (secondary N) is 2. The number of anilines is 1. The molecule has 0 saturated carbocycles. The molecule has 35 heavy (non-hydrogen) atoms. The number of hydrogen-bond donors (Lipinski definition) is 2. The van der Waals surface area contributed by atoms with Crippen molar-refractivity contribution in [1.82, 2.24) is 10.3 Å². The third-order valence-corrected chi connectivity index (χ3v) is 5.55. The average molecular weight is 491 g/mol. The van der Waals surface area contributed by atoms with Gasteiger partial charge < -0.3 is 14.5 Å². The number of carbonyl (C=O) groups excluding carboxylic acids is 1. The van der Waals surface area contributed by atoms with E-state index >= 15 is 0 Å². The second-order valence-corrected chi connectivity index (χ2v) is 8.41. The van der Waals surface area contributed by atoms with Gasteiger partial charge in [-0.3, -0.25) is 20.2 Å². The number of para-hydroxylation sites is 1. The zero-order valence-electron chi connectivity index (χ0n) is 19.2. The van der Waals surface area contributed by atoms with Crippen molar-refractivity contribution in [2.24, 2.45) is 0 Å². The van der Waals surface area contributed by atoms with Crippen LogP contribution in [0.4, 0.5) is 11.4 Å². The van der Waals surface area contributed by atoms with Gasteiger partial charge in [-0.05, 0) is 60.1 Å². The van der Waals surface area contributed by atoms with Crippen molar-refractivity contribution in [3.8, 4) is 17.2 Å². The molecule has 0 atom stereocenters. The normalized spacial score (nSPS) is 10.9. The summed E-state index contributed by atoms with van der Waals surface area (Å²) in [5.41, 5.74) is 3.30. The predicted molar refractivity (Wildman–Crippen MR) is 137 cm³/mol. The van der Waals surface area contributed by atoms with Crippen LogP contribution in [0.5, 0.6) is 5.75 Å². The summed E-state index contributed by atoms with van der Waals surface area (Å²) >= 11 is 5.27. The number of amides is 1. The number of thiocarbonyl (C=S) groups is 1. The van der Waals surface area contributed by atoms with Crippen molar-refractivity contribution in [2.75, 3.05) is 12.4 Å². The van der Waals surface area contributed by atoms with E-state index in [1.807, 2.05) is 18.2 Å². The minimum atomic E-state index is -0.704. The summed E-state index contributed by atoms with van der Waals surface area (Å²) in [6, 6.07) is 16.8. The Hall–Kier alpha value is -4.31. The van der Waals surface area contributed by atoms with Gasteiger partial charge in [0.05, 0.1) is 17.7 Å². The molecule has 1 aromatic heterocycles. The van der Waals surface area contributed by atoms with Gasteiger partial charge in [-0.1, -0.05) is 32.0 Å². The van der Waals surface area contributed by atoms with E-state index in [4.69, 9.17) is 21.4 Å². The van der Waals surface area contributed by atoms with E-state index in [9.17, 15) is 14.9 Å². The minimum Gasteiger partial charge on any atom is -0.495 e. The van der Waals surface area contributed by atoms with E-state index in [1.54, 1.807) is 18.2 Å². The Balaban J connectivity index is 1.58. The molecule has 0 saturated heterocycles. The first kappa shape index (κ1) is 23.8. The van der Waals surface area contributed by atoms with Crippen molar-refractivity contribution >= 4 is 45.7 Å². The molecule has 0 fully saturated rings. The molecule has 0 aliphatic heterocycles. The van der Waals surface area contributed by atoms with Crippen LogP contribution in [0.3, 0.4) is 0 Å². The first-order valence-corrected chi connectivity index (χ1v) is 11.1. The predicted octanol–water partition coefficient (Wildman–Crippen LogP) is 5.66. The number of nitro groups is 1. The van der Waals surface area contributed by atoms with Crippen LogP contribution in [-0.2, 0) is 0 Å². The fourth-order valence-electron chi connectivity index (χ4n) is 3.51. The summed E-state index contributed by atoms with van der Waals surface area (Å²) < 4.78 is 11.3. The molecule has 4 rings (SSSR count). The van der Waals surface area contributed by atoms with Crippen LogP contribution in [0.25, 0.3) is 22.6 Å². The number of rotatable bonds is 6. The Labute approximate surface area is 206 Å². The van der Waals surface area contributed by atoms with Crippen molar-refractivity contribution < 1.29 is 18.9 Å². The summed E-state index contributed by atoms with van der Waals surface area (Å²) in [5, 5.41) is 16.6. The number of oxazole rings is 1. The average Bonchev–Trinajstić information content (AvgIpc) is 3.27. The first-order chi connectivity index (χ1) is 16.8. The molecule has 0 aliphatic carbocycles. The largest absolute Gasteiger partial charge is 0.495 e. The van der Waals surface area contributed by atoms with Crippen LogP contribution in [0, 0.1) is 10.1 Å². The van der Waals surface area contributed by atoms with Gasteiger partial charge in [0.25, 0.3) is 11.6 Å². The SMILES string of the molecule is COc1ccc(-c2nc3cc(C(C)C)ccc3o2)cc1NC(=S)NC(=O)c1ccccc1[N+](=O)[O-]. The number of hydrogen-bond acceptors (Lipinski definition) is 7. The first-order valence-electron chi connectivity index (χ1n) is 10.7. The molecular weight excluding hydrogens is 468 g/mol. The van der Waals surface area contributed by atoms with Gasteiger partial charge in [-0.15, -0.1) is 0 Å². The lowest BCUT2D eigenvalue weighted by Gasteiger charge is -2.13. The summed E-state index contributed by atoms with van der Waals surface area (Å²) in [6.45, 7) is 4.22. The van der Waals surface area contributed by atoms with Gasteiger partial charge in [0.2, 0.25) is 5.89 Å². The van der Waals surface area contributed by atoms with Crippen LogP contribution in [0.2, 0.25) is 0 Å². The second kappa shape index (κ2) is 9.90. The van der Waals surface area contributed by atoms with Crippen LogP contribution in [0.1, 0.15) is 35.7 Å². The number of aromatic nitrogens is 1. The highest BCUT2D eigenvalue weighted by Gasteiger charge is 2.20. The Kier molecular flexibility index (Phi) is 6.74. The van der Waals surface area contributed by atoms with E-state index in [0.29, 0.717) is 34.4 Å². The Morgan fingerprint density at radius 3 is 2.63 bits per heavy atom. The van der Waals surface area contributed by atoms with Crippen LogP contribution in [-0.4, -0.2) is 28.0 Å². The molecule has 178 valence electrons. The Morgan fingerprint density at radius 2 is 1.91 bits per heavy atom. The Bertz CT molecular complexity index is 1450. The topological polar surface area (TPSA) is 120 Å². The smallest absolute Gasteiger partial charge is 0.282 e. The maximum absolute atomic E-state index is 12.6. The maximum atomic E-state index is 12.6. The van der Waals surface area contributed by atoms with Crippen molar-refractivity contribution in [3.05, 3.63) is 81.9 Å². The quantitative estimate of drug-likeness (QED) is 0.202. The summed E-state index contributed by atoms with van der Waals surface area (Å²) in [4.78, 5) is 27.8. The minimum absolute atomic E-state index is 0.0530. The highest BCUT2D eigenvalue weighted by atomic mass is 32.1. The Morgan fingerprint density at radius 1 is 1.14 bits per heavy atom. The monoisotopic (exact) mass is 490 g/mol. The van der Waals surface area contributed by atoms with Gasteiger partial charge in [0, 0.05) is 11.6 Å². The highest BCUT2D eigenvalue weighted by molar-refractivity contribution is 7.80. The lowest BCUT2D eigenvalue weighted by Crippen LogP contribution is -2.34. The van der Waals surface area contributed by atoms with Gasteiger partial charge >= 0.3 is 0 Å². The van der Waals surface area contributed by atoms with E-state index in [1.165, 1.54) is 31.4 Å². The van der Waals surface area contributed by atoms with Crippen molar-refractivity contribution in [3.63, 3.8) is 0 Å². The van der Waals surface area contributed by atoms with Crippen molar-refractivity contribution in [1.29, 1.82) is 0 Å². The van der Waals surface area contributed by atoms with Gasteiger partial charge in [0.1, 0.15) is 16.8 Å². The van der Waals surface area contributed by atoms with E-state index in [0.717, 1.165) is 11.1 Å². The summed E-state index contributed by atoms with van der Waals surface area (Å²) in [5.74, 6) is 0.547. The molecule has 0 bridgehead atoms. The molecule has 4 aromatic rings. The molecule has 0 radical (unpaired) electrons. The number of carbonyl (C=O) groups is 1. The molecular formula is C25H22N4O5S. The zero-order chi connectivity index (χ0) is 25.1. The molecule has 0 spiro atoms. The fourth-order valence-corrected chi connectivity index (χ4v) is 3.72. The standard InChI is InChI=1S/C25H22N4O5S/c1-14(2)15-8-11-22-19(12-15)26-24(34-22)16-9-10-21(33-3)18(13-16)27-25(35)28-23(30)17-6-4-5-7-20(17)29(31)32/h4-14H,1-3H3,(H2,27,28,30,35). The summed E-state index contributed by atoms with van der Waals surface area (Å²) in [7, 11) is 1.50. The number of benzene rings is 3. The van der Waals surface area contributed by atoms with E-state index < -0.39 is 10.8 Å². The van der Waals surface area contributed by atoms with Crippen LogP contribution >= 0.6 is 12.2 Å². The fraction of sp³-hybridized carbons (Fsp3) is 0.160. The van der Waals surface area contributed by atoms with Crippen molar-refractivity contribution in [2.45, 2.75) is 19.8 Å². The van der Waals surface area contributed by atoms with E-state index in [2.05, 4.69) is 29.5 Å². The third-order valence-electron chi connectivity index (χ3n) is 5.35. The molecule has 9 nitrogen and oxygen atoms in total. The van der Waals surface area contributed by atoms with Gasteiger partial charge in [0.15, 0.2) is 10.7 Å². The maximum Gasteiger partial charge on any atom is 0.282 e. The number of fused-ring (bicyclic) bond motifs is 1. The molecule has 10 heteroatoms. The molecule has 3 aromatic carbocycles. The number of ether oxygens (including phenoxy) is 1. The van der Waals surface area contributed by atoms with Crippen LogP contribution < -0.4 is 15.4 Å². The highest BCUT2D eigenvalue weighted by Crippen LogP contribution is 2.32.